The van der Waals surface area contributed by atoms with Gasteiger partial charge in [0.05, 0.1) is 13.2 Å². The number of carbonyl (C=O) groups excluding carboxylic acids is 1. The van der Waals surface area contributed by atoms with E-state index in [0.29, 0.717) is 32.8 Å². The molecule has 1 aromatic rings. The van der Waals surface area contributed by atoms with Gasteiger partial charge in [0.15, 0.2) is 0 Å². The lowest BCUT2D eigenvalue weighted by molar-refractivity contribution is 0.0531. The molecule has 0 atom stereocenters. The van der Waals surface area contributed by atoms with Crippen LogP contribution in [0.2, 0.25) is 0 Å². The van der Waals surface area contributed by atoms with E-state index in [2.05, 4.69) is 10.7 Å². The van der Waals surface area contributed by atoms with Crippen LogP contribution in [0.25, 0.3) is 0 Å². The van der Waals surface area contributed by atoms with Crippen molar-refractivity contribution in [2.75, 3.05) is 26.3 Å². The van der Waals surface area contributed by atoms with Gasteiger partial charge in [0, 0.05) is 24.5 Å². The fourth-order valence-corrected chi connectivity index (χ4v) is 3.91. The van der Waals surface area contributed by atoms with Gasteiger partial charge in [-0.3, -0.25) is 0 Å². The Bertz CT molecular complexity index is 452. The van der Waals surface area contributed by atoms with E-state index in [1.165, 1.54) is 41.7 Å². The van der Waals surface area contributed by atoms with Crippen molar-refractivity contribution in [3.05, 3.63) is 21.4 Å². The summed E-state index contributed by atoms with van der Waals surface area (Å²) in [5, 5.41) is 5.26. The molecule has 2 aliphatic rings. The number of fused-ring (bicyclic) bond motifs is 1. The summed E-state index contributed by atoms with van der Waals surface area (Å²) < 4.78 is 5.25. The van der Waals surface area contributed by atoms with Crippen molar-refractivity contribution in [1.82, 2.24) is 10.2 Å². The molecule has 1 fully saturated rings. The Balaban J connectivity index is 1.57. The van der Waals surface area contributed by atoms with Crippen LogP contribution in [-0.2, 0) is 24.1 Å². The quantitative estimate of drug-likeness (QED) is 0.902. The number of thiophene rings is 1. The Morgan fingerprint density at radius 3 is 2.95 bits per heavy atom. The van der Waals surface area contributed by atoms with Gasteiger partial charge in [-0.05, 0) is 42.2 Å². The largest absolute Gasteiger partial charge is 0.378 e. The van der Waals surface area contributed by atoms with Crippen LogP contribution in [0.4, 0.5) is 4.79 Å². The predicted octanol–water partition coefficient (Wildman–Crippen LogP) is 2.17. The molecule has 1 aliphatic carbocycles. The molecular formula is C14H20N2O2S. The molecule has 0 unspecified atom stereocenters. The lowest BCUT2D eigenvalue weighted by atomic mass is 9.96. The number of rotatable bonds is 2. The van der Waals surface area contributed by atoms with Crippen molar-refractivity contribution >= 4 is 17.4 Å². The number of amides is 2. The normalized spacial score (nSPS) is 19.1. The standard InChI is InChI=1S/C14H20N2O2S/c17-14(16-5-7-18-8-6-16)15-9-11-10-19-13-4-2-1-3-12(11)13/h10H,1-9H2,(H,15,17). The van der Waals surface area contributed by atoms with Crippen LogP contribution < -0.4 is 5.32 Å². The fourth-order valence-electron chi connectivity index (χ4n) is 2.76. The van der Waals surface area contributed by atoms with Gasteiger partial charge in [-0.25, -0.2) is 4.79 Å². The molecule has 19 heavy (non-hydrogen) atoms. The third-order valence-electron chi connectivity index (χ3n) is 3.88. The van der Waals surface area contributed by atoms with Crippen molar-refractivity contribution in [3.8, 4) is 0 Å². The number of nitrogens with one attached hydrogen (secondary N) is 1. The zero-order valence-electron chi connectivity index (χ0n) is 11.1. The van der Waals surface area contributed by atoms with E-state index in [1.807, 2.05) is 16.2 Å². The second-order valence-electron chi connectivity index (χ2n) is 5.13. The van der Waals surface area contributed by atoms with E-state index in [0.717, 1.165) is 0 Å². The Hall–Kier alpha value is -1.07. The second-order valence-corrected chi connectivity index (χ2v) is 6.09. The lowest BCUT2D eigenvalue weighted by Crippen LogP contribution is -2.45. The summed E-state index contributed by atoms with van der Waals surface area (Å²) in [6.45, 7) is 3.38. The summed E-state index contributed by atoms with van der Waals surface area (Å²) in [4.78, 5) is 15.4. The van der Waals surface area contributed by atoms with Gasteiger partial charge in [0.1, 0.15) is 0 Å². The Kier molecular flexibility index (Phi) is 4.03. The van der Waals surface area contributed by atoms with Crippen molar-refractivity contribution in [1.29, 1.82) is 0 Å². The zero-order valence-corrected chi connectivity index (χ0v) is 11.9. The van der Waals surface area contributed by atoms with Crippen LogP contribution in [0, 0.1) is 0 Å². The third kappa shape index (κ3) is 2.92. The van der Waals surface area contributed by atoms with E-state index in [4.69, 9.17) is 4.74 Å². The SMILES string of the molecule is O=C(NCc1csc2c1CCCC2)N1CCOCC1. The van der Waals surface area contributed by atoms with Crippen LogP contribution in [0.3, 0.4) is 0 Å². The third-order valence-corrected chi connectivity index (χ3v) is 5.01. The molecule has 3 rings (SSSR count). The van der Waals surface area contributed by atoms with Gasteiger partial charge >= 0.3 is 6.03 Å². The van der Waals surface area contributed by atoms with E-state index in [1.54, 1.807) is 0 Å². The van der Waals surface area contributed by atoms with Gasteiger partial charge in [-0.2, -0.15) is 0 Å². The first kappa shape index (κ1) is 12.9. The van der Waals surface area contributed by atoms with Gasteiger partial charge in [-0.1, -0.05) is 0 Å². The molecule has 0 saturated carbocycles. The first-order chi connectivity index (χ1) is 9.34. The van der Waals surface area contributed by atoms with E-state index >= 15 is 0 Å². The highest BCUT2D eigenvalue weighted by Crippen LogP contribution is 2.30. The van der Waals surface area contributed by atoms with E-state index < -0.39 is 0 Å². The first-order valence-corrected chi connectivity index (χ1v) is 7.91. The van der Waals surface area contributed by atoms with E-state index in [9.17, 15) is 4.79 Å². The average molecular weight is 280 g/mol. The van der Waals surface area contributed by atoms with Gasteiger partial charge < -0.3 is 15.0 Å². The number of ether oxygens (including phenoxy) is 1. The summed E-state index contributed by atoms with van der Waals surface area (Å²) in [7, 11) is 0. The molecule has 1 N–H and O–H groups in total. The highest BCUT2D eigenvalue weighted by molar-refractivity contribution is 7.10. The highest BCUT2D eigenvalue weighted by Gasteiger charge is 2.19. The molecule has 4 nitrogen and oxygen atoms in total. The molecule has 0 radical (unpaired) electrons. The monoisotopic (exact) mass is 280 g/mol. The van der Waals surface area contributed by atoms with Crippen molar-refractivity contribution < 1.29 is 9.53 Å². The molecule has 1 saturated heterocycles. The van der Waals surface area contributed by atoms with Crippen molar-refractivity contribution in [2.24, 2.45) is 0 Å². The Morgan fingerprint density at radius 1 is 1.32 bits per heavy atom. The van der Waals surface area contributed by atoms with Crippen molar-refractivity contribution in [2.45, 2.75) is 32.2 Å². The van der Waals surface area contributed by atoms with Crippen molar-refractivity contribution in [3.63, 3.8) is 0 Å². The van der Waals surface area contributed by atoms with E-state index in [-0.39, 0.29) is 6.03 Å². The van der Waals surface area contributed by atoms with Crippen LogP contribution in [0.5, 0.6) is 0 Å². The van der Waals surface area contributed by atoms with Crippen LogP contribution in [0.15, 0.2) is 5.38 Å². The summed E-state index contributed by atoms with van der Waals surface area (Å²) in [6.07, 6.45) is 5.00. The number of aryl methyl sites for hydroxylation is 1. The summed E-state index contributed by atoms with van der Waals surface area (Å²) >= 11 is 1.85. The molecule has 0 spiro atoms. The maximum atomic E-state index is 12.0. The zero-order chi connectivity index (χ0) is 13.1. The van der Waals surface area contributed by atoms with Crippen LogP contribution in [0.1, 0.15) is 28.8 Å². The number of morpholine rings is 1. The minimum absolute atomic E-state index is 0.0408. The second kappa shape index (κ2) is 5.92. The molecule has 1 aliphatic heterocycles. The summed E-state index contributed by atoms with van der Waals surface area (Å²) in [5.74, 6) is 0. The van der Waals surface area contributed by atoms with Gasteiger partial charge in [-0.15, -0.1) is 11.3 Å². The van der Waals surface area contributed by atoms with Crippen LogP contribution in [-0.4, -0.2) is 37.2 Å². The number of hydrogen-bond donors (Lipinski definition) is 1. The maximum Gasteiger partial charge on any atom is 0.317 e. The van der Waals surface area contributed by atoms with Gasteiger partial charge in [0.2, 0.25) is 0 Å². The molecule has 0 aromatic carbocycles. The Labute approximate surface area is 117 Å². The molecule has 0 bridgehead atoms. The molecule has 104 valence electrons. The Morgan fingerprint density at radius 2 is 2.11 bits per heavy atom. The highest BCUT2D eigenvalue weighted by atomic mass is 32.1. The first-order valence-electron chi connectivity index (χ1n) is 7.03. The van der Waals surface area contributed by atoms with Gasteiger partial charge in [0.25, 0.3) is 0 Å². The number of carbonyl (C=O) groups is 1. The van der Waals surface area contributed by atoms with Crippen LogP contribution >= 0.6 is 11.3 Å². The molecule has 2 amide bonds. The predicted molar refractivity (Wildman–Crippen MR) is 75.6 cm³/mol. The maximum absolute atomic E-state index is 12.0. The lowest BCUT2D eigenvalue weighted by Gasteiger charge is -2.27. The molecule has 2 heterocycles. The smallest absolute Gasteiger partial charge is 0.317 e. The topological polar surface area (TPSA) is 41.6 Å². The summed E-state index contributed by atoms with van der Waals surface area (Å²) in [6, 6.07) is 0.0408. The minimum atomic E-state index is 0.0408. The summed E-state index contributed by atoms with van der Waals surface area (Å²) in [5.41, 5.74) is 2.82. The molecule has 1 aromatic heterocycles. The number of nitrogens with zero attached hydrogens (tertiary/aromatic N) is 1. The molecule has 5 heteroatoms. The number of hydrogen-bond acceptors (Lipinski definition) is 3. The average Bonchev–Trinajstić information content (AvgIpc) is 2.89. The molecular weight excluding hydrogens is 260 g/mol. The minimum Gasteiger partial charge on any atom is -0.378 e. The fraction of sp³-hybridized carbons (Fsp3) is 0.643. The number of urea groups is 1.